The third-order valence-corrected chi connectivity index (χ3v) is 3.40. The van der Waals surface area contributed by atoms with E-state index in [2.05, 4.69) is 5.32 Å². The lowest BCUT2D eigenvalue weighted by Crippen LogP contribution is -2.19. The molecule has 0 saturated carbocycles. The van der Waals surface area contributed by atoms with Gasteiger partial charge in [0.2, 0.25) is 0 Å². The fourth-order valence-corrected chi connectivity index (χ4v) is 2.32. The number of non-ortho nitro benzene ring substituents is 1. The maximum atomic E-state index is 11.2. The van der Waals surface area contributed by atoms with Gasteiger partial charge >= 0.3 is 5.97 Å². The number of nitro benzene ring substituents is 1. The number of nitro groups is 1. The van der Waals surface area contributed by atoms with Crippen molar-refractivity contribution in [3.8, 4) is 0 Å². The molecule has 19 heavy (non-hydrogen) atoms. The van der Waals surface area contributed by atoms with Crippen LogP contribution < -0.4 is 5.32 Å². The molecule has 0 aliphatic heterocycles. The normalized spacial score (nSPS) is 11.8. The van der Waals surface area contributed by atoms with Gasteiger partial charge in [-0.2, -0.15) is 0 Å². The maximum absolute atomic E-state index is 11.2. The lowest BCUT2D eigenvalue weighted by Gasteiger charge is -2.14. The maximum Gasteiger partial charge on any atom is 0.331 e. The number of carbonyl (C=O) groups is 1. The molecule has 1 aromatic carbocycles. The molecule has 0 radical (unpaired) electrons. The Morgan fingerprint density at radius 1 is 1.32 bits per heavy atom. The third kappa shape index (κ3) is 3.08. The standard InChI is InChI=1S/C12H10N2O4S/c15-12(16)11(10-2-1-7-19-10)13-8-3-5-9(6-4-8)14(17)18/h1-7,11,13H,(H,15,16). The summed E-state index contributed by atoms with van der Waals surface area (Å²) in [4.78, 5) is 21.9. The Hall–Kier alpha value is -2.41. The highest BCUT2D eigenvalue weighted by atomic mass is 32.1. The molecule has 0 amide bonds. The minimum atomic E-state index is -0.999. The summed E-state index contributed by atoms with van der Waals surface area (Å²) in [5.74, 6) is -0.999. The average Bonchev–Trinajstić information content (AvgIpc) is 2.89. The summed E-state index contributed by atoms with van der Waals surface area (Å²) in [6, 6.07) is 8.27. The Bertz CT molecular complexity index is 580. The van der Waals surface area contributed by atoms with Crippen molar-refractivity contribution >= 4 is 28.7 Å². The number of nitrogens with zero attached hydrogens (tertiary/aromatic N) is 1. The summed E-state index contributed by atoms with van der Waals surface area (Å²) in [5, 5.41) is 24.3. The number of aliphatic carboxylic acids is 1. The SMILES string of the molecule is O=C(O)C(Nc1ccc([N+](=O)[O-])cc1)c1cccs1. The van der Waals surface area contributed by atoms with Crippen molar-refractivity contribution in [1.82, 2.24) is 0 Å². The third-order valence-electron chi connectivity index (χ3n) is 2.46. The number of nitrogens with one attached hydrogen (secondary N) is 1. The van der Waals surface area contributed by atoms with Crippen LogP contribution in [0.2, 0.25) is 0 Å². The van der Waals surface area contributed by atoms with Crippen LogP contribution in [0, 0.1) is 10.1 Å². The Kier molecular flexibility index (Phi) is 3.76. The van der Waals surface area contributed by atoms with Crippen molar-refractivity contribution < 1.29 is 14.8 Å². The van der Waals surface area contributed by atoms with Gasteiger partial charge in [0.25, 0.3) is 5.69 Å². The molecule has 0 fully saturated rings. The van der Waals surface area contributed by atoms with E-state index in [0.717, 1.165) is 0 Å². The molecule has 2 N–H and O–H groups in total. The largest absolute Gasteiger partial charge is 0.479 e. The van der Waals surface area contributed by atoms with E-state index in [9.17, 15) is 20.0 Å². The quantitative estimate of drug-likeness (QED) is 0.648. The molecule has 1 aromatic heterocycles. The molecule has 7 heteroatoms. The van der Waals surface area contributed by atoms with Gasteiger partial charge < -0.3 is 10.4 Å². The molecule has 0 saturated heterocycles. The highest BCUT2D eigenvalue weighted by Crippen LogP contribution is 2.25. The predicted molar refractivity (Wildman–Crippen MR) is 71.4 cm³/mol. The average molecular weight is 278 g/mol. The molecule has 0 aliphatic rings. The van der Waals surface area contributed by atoms with E-state index >= 15 is 0 Å². The molecular formula is C12H10N2O4S. The van der Waals surface area contributed by atoms with E-state index in [4.69, 9.17) is 0 Å². The first kappa shape index (κ1) is 13.0. The molecule has 1 unspecified atom stereocenters. The molecule has 1 atom stereocenters. The van der Waals surface area contributed by atoms with Gasteiger partial charge in [0, 0.05) is 22.7 Å². The van der Waals surface area contributed by atoms with Crippen LogP contribution in [0.5, 0.6) is 0 Å². The molecule has 0 bridgehead atoms. The Morgan fingerprint density at radius 3 is 2.47 bits per heavy atom. The summed E-state index contributed by atoms with van der Waals surface area (Å²) in [7, 11) is 0. The van der Waals surface area contributed by atoms with Crippen molar-refractivity contribution in [3.63, 3.8) is 0 Å². The first-order valence-electron chi connectivity index (χ1n) is 5.35. The van der Waals surface area contributed by atoms with E-state index in [0.29, 0.717) is 10.6 Å². The van der Waals surface area contributed by atoms with Gasteiger partial charge in [-0.3, -0.25) is 10.1 Å². The number of hydrogen-bond donors (Lipinski definition) is 2. The van der Waals surface area contributed by atoms with Crippen LogP contribution >= 0.6 is 11.3 Å². The second-order valence-electron chi connectivity index (χ2n) is 3.73. The Morgan fingerprint density at radius 2 is 2.00 bits per heavy atom. The molecule has 0 spiro atoms. The van der Waals surface area contributed by atoms with Crippen LogP contribution in [0.15, 0.2) is 41.8 Å². The molecule has 1 heterocycles. The van der Waals surface area contributed by atoms with E-state index in [1.807, 2.05) is 0 Å². The van der Waals surface area contributed by atoms with Crippen LogP contribution in [0.4, 0.5) is 11.4 Å². The lowest BCUT2D eigenvalue weighted by molar-refractivity contribution is -0.384. The molecule has 2 rings (SSSR count). The fraction of sp³-hybridized carbons (Fsp3) is 0.0833. The second-order valence-corrected chi connectivity index (χ2v) is 4.71. The zero-order valence-corrected chi connectivity index (χ0v) is 10.5. The highest BCUT2D eigenvalue weighted by Gasteiger charge is 2.20. The first-order valence-corrected chi connectivity index (χ1v) is 6.23. The highest BCUT2D eigenvalue weighted by molar-refractivity contribution is 7.10. The van der Waals surface area contributed by atoms with E-state index in [-0.39, 0.29) is 5.69 Å². The summed E-state index contributed by atoms with van der Waals surface area (Å²) >= 11 is 1.34. The Labute approximate surface area is 112 Å². The number of thiophene rings is 1. The van der Waals surface area contributed by atoms with Crippen LogP contribution in [0.25, 0.3) is 0 Å². The molecule has 6 nitrogen and oxygen atoms in total. The first-order chi connectivity index (χ1) is 9.08. The monoisotopic (exact) mass is 278 g/mol. The van der Waals surface area contributed by atoms with Crippen molar-refractivity contribution in [3.05, 3.63) is 56.8 Å². The van der Waals surface area contributed by atoms with Crippen LogP contribution in [0.3, 0.4) is 0 Å². The van der Waals surface area contributed by atoms with Crippen molar-refractivity contribution in [2.24, 2.45) is 0 Å². The minimum absolute atomic E-state index is 0.0338. The van der Waals surface area contributed by atoms with Crippen molar-refractivity contribution in [2.45, 2.75) is 6.04 Å². The smallest absolute Gasteiger partial charge is 0.331 e. The van der Waals surface area contributed by atoms with Gasteiger partial charge in [0.05, 0.1) is 4.92 Å². The summed E-state index contributed by atoms with van der Waals surface area (Å²) in [5.41, 5.74) is 0.486. The fourth-order valence-electron chi connectivity index (χ4n) is 1.56. The molecule has 98 valence electrons. The van der Waals surface area contributed by atoms with Crippen LogP contribution in [0.1, 0.15) is 10.9 Å². The van der Waals surface area contributed by atoms with Gasteiger partial charge in [0.15, 0.2) is 6.04 Å². The van der Waals surface area contributed by atoms with Crippen molar-refractivity contribution in [1.29, 1.82) is 0 Å². The van der Waals surface area contributed by atoms with Gasteiger partial charge in [-0.1, -0.05) is 6.07 Å². The number of anilines is 1. The number of carboxylic acids is 1. The van der Waals surface area contributed by atoms with E-state index < -0.39 is 16.9 Å². The predicted octanol–water partition coefficient (Wildman–Crippen LogP) is 2.89. The Balaban J connectivity index is 2.18. The van der Waals surface area contributed by atoms with Crippen LogP contribution in [-0.4, -0.2) is 16.0 Å². The number of hydrogen-bond acceptors (Lipinski definition) is 5. The lowest BCUT2D eigenvalue weighted by atomic mass is 10.2. The summed E-state index contributed by atoms with van der Waals surface area (Å²) in [6.45, 7) is 0. The second kappa shape index (κ2) is 5.49. The zero-order chi connectivity index (χ0) is 13.8. The van der Waals surface area contributed by atoms with Gasteiger partial charge in [0.1, 0.15) is 0 Å². The number of benzene rings is 1. The zero-order valence-electron chi connectivity index (χ0n) is 9.65. The van der Waals surface area contributed by atoms with E-state index in [1.165, 1.54) is 35.6 Å². The molecular weight excluding hydrogens is 268 g/mol. The van der Waals surface area contributed by atoms with Gasteiger partial charge in [-0.15, -0.1) is 11.3 Å². The number of carboxylic acid groups (broad SMARTS) is 1. The summed E-state index contributed by atoms with van der Waals surface area (Å²) in [6.07, 6.45) is 0. The minimum Gasteiger partial charge on any atom is -0.479 e. The van der Waals surface area contributed by atoms with Gasteiger partial charge in [-0.05, 0) is 23.6 Å². The molecule has 2 aromatic rings. The molecule has 0 aliphatic carbocycles. The van der Waals surface area contributed by atoms with Crippen molar-refractivity contribution in [2.75, 3.05) is 5.32 Å². The van der Waals surface area contributed by atoms with E-state index in [1.54, 1.807) is 17.5 Å². The van der Waals surface area contributed by atoms with Crippen LogP contribution in [-0.2, 0) is 4.79 Å². The van der Waals surface area contributed by atoms with Gasteiger partial charge in [-0.25, -0.2) is 4.79 Å². The topological polar surface area (TPSA) is 92.5 Å². The number of rotatable bonds is 5. The summed E-state index contributed by atoms with van der Waals surface area (Å²) < 4.78 is 0.